The Kier molecular flexibility index (Phi) is 5.37. The van der Waals surface area contributed by atoms with E-state index in [1.807, 2.05) is 45.0 Å². The first-order valence-corrected chi connectivity index (χ1v) is 9.13. The predicted molar refractivity (Wildman–Crippen MR) is 107 cm³/mol. The summed E-state index contributed by atoms with van der Waals surface area (Å²) >= 11 is 0. The molecule has 1 heterocycles. The van der Waals surface area contributed by atoms with Gasteiger partial charge in [-0.1, -0.05) is 12.1 Å². The number of aryl methyl sites for hydroxylation is 2. The Labute approximate surface area is 165 Å². The zero-order valence-electron chi connectivity index (χ0n) is 17.2. The molecule has 1 aliphatic heterocycles. The van der Waals surface area contributed by atoms with Crippen molar-refractivity contribution in [2.24, 2.45) is 0 Å². The molecule has 0 unspecified atom stereocenters. The van der Waals surface area contributed by atoms with Gasteiger partial charge in [-0.3, -0.25) is 9.69 Å². The van der Waals surface area contributed by atoms with Gasteiger partial charge in [-0.15, -0.1) is 0 Å². The molecule has 3 rings (SSSR count). The van der Waals surface area contributed by atoms with Crippen LogP contribution in [0, 0.1) is 20.8 Å². The Morgan fingerprint density at radius 1 is 1.07 bits per heavy atom. The monoisotopic (exact) mass is 385 g/mol. The topological polar surface area (TPSA) is 68.2 Å². The molecule has 28 heavy (non-hydrogen) atoms. The number of aromatic hydroxyl groups is 1. The molecule has 1 N–H and O–H groups in total. The van der Waals surface area contributed by atoms with E-state index in [2.05, 4.69) is 0 Å². The molecule has 1 aliphatic rings. The van der Waals surface area contributed by atoms with E-state index in [-0.39, 0.29) is 18.3 Å². The van der Waals surface area contributed by atoms with Crippen LogP contribution in [0.3, 0.4) is 0 Å². The predicted octanol–water partition coefficient (Wildman–Crippen LogP) is 3.45. The first-order chi connectivity index (χ1) is 13.3. The van der Waals surface area contributed by atoms with Gasteiger partial charge in [-0.25, -0.2) is 0 Å². The molecule has 0 bridgehead atoms. The van der Waals surface area contributed by atoms with Gasteiger partial charge in [0.25, 0.3) is 5.91 Å². The van der Waals surface area contributed by atoms with Crippen molar-refractivity contribution in [1.82, 2.24) is 0 Å². The van der Waals surface area contributed by atoms with Crippen molar-refractivity contribution >= 4 is 11.6 Å². The van der Waals surface area contributed by atoms with E-state index in [1.165, 1.54) is 7.11 Å². The Morgan fingerprint density at radius 3 is 2.36 bits per heavy atom. The molecular weight excluding hydrogens is 358 g/mol. The largest absolute Gasteiger partial charge is 0.508 e. The molecule has 2 aromatic rings. The van der Waals surface area contributed by atoms with Gasteiger partial charge in [0.1, 0.15) is 17.5 Å². The highest BCUT2D eigenvalue weighted by Gasteiger charge is 2.63. The average molecular weight is 385 g/mol. The zero-order valence-corrected chi connectivity index (χ0v) is 17.2. The van der Waals surface area contributed by atoms with Gasteiger partial charge in [-0.05, 0) is 55.2 Å². The van der Waals surface area contributed by atoms with Crippen molar-refractivity contribution in [3.05, 3.63) is 52.6 Å². The normalized spacial score (nSPS) is 21.6. The molecule has 0 radical (unpaired) electrons. The van der Waals surface area contributed by atoms with Gasteiger partial charge < -0.3 is 19.3 Å². The molecule has 2 aromatic carbocycles. The van der Waals surface area contributed by atoms with Crippen molar-refractivity contribution in [1.29, 1.82) is 0 Å². The summed E-state index contributed by atoms with van der Waals surface area (Å²) in [5, 5.41) is 10.2. The molecule has 1 fully saturated rings. The van der Waals surface area contributed by atoms with Crippen LogP contribution in [0.1, 0.15) is 28.3 Å². The molecule has 1 saturated heterocycles. The second-order valence-corrected chi connectivity index (χ2v) is 7.24. The molecular formula is C22H27NO5. The molecule has 0 aromatic heterocycles. The third-order valence-electron chi connectivity index (χ3n) is 5.66. The molecule has 150 valence electrons. The number of methoxy groups -OCH3 is 3. The lowest BCUT2D eigenvalue weighted by atomic mass is 9.77. The van der Waals surface area contributed by atoms with E-state index in [4.69, 9.17) is 14.2 Å². The number of ether oxygens (including phenoxy) is 3. The van der Waals surface area contributed by atoms with Crippen LogP contribution in [0.5, 0.6) is 11.5 Å². The number of rotatable bonds is 6. The summed E-state index contributed by atoms with van der Waals surface area (Å²) in [4.78, 5) is 14.9. The van der Waals surface area contributed by atoms with Gasteiger partial charge >= 0.3 is 0 Å². The Balaban J connectivity index is 2.15. The third-order valence-corrected chi connectivity index (χ3v) is 5.66. The number of β-lactam (4-membered cyclic amide) rings is 1. The summed E-state index contributed by atoms with van der Waals surface area (Å²) in [6.07, 6.45) is 0. The van der Waals surface area contributed by atoms with E-state index in [1.54, 1.807) is 25.2 Å². The molecule has 0 aliphatic carbocycles. The SMILES string of the molecule is COC[C@@]1(OC)C(=O)N(c2cc(C)c(C)c(OC)c2)[C@H]1c1ccc(C)c(O)c1. The fourth-order valence-corrected chi connectivity index (χ4v) is 3.83. The average Bonchev–Trinajstić information content (AvgIpc) is 2.68. The first-order valence-electron chi connectivity index (χ1n) is 9.13. The number of anilines is 1. The minimum absolute atomic E-state index is 0.111. The van der Waals surface area contributed by atoms with Crippen LogP contribution in [0.15, 0.2) is 30.3 Å². The van der Waals surface area contributed by atoms with Gasteiger partial charge in [0.2, 0.25) is 0 Å². The lowest BCUT2D eigenvalue weighted by Crippen LogP contribution is -2.71. The van der Waals surface area contributed by atoms with Gasteiger partial charge in [0, 0.05) is 26.0 Å². The van der Waals surface area contributed by atoms with Crippen molar-refractivity contribution in [3.8, 4) is 11.5 Å². The number of phenolic OH excluding ortho intramolecular Hbond substituents is 1. The maximum absolute atomic E-state index is 13.3. The Bertz CT molecular complexity index is 910. The lowest BCUT2D eigenvalue weighted by Gasteiger charge is -2.54. The molecule has 0 saturated carbocycles. The number of phenols is 1. The number of carbonyl (C=O) groups is 1. The summed E-state index contributed by atoms with van der Waals surface area (Å²) in [7, 11) is 4.67. The number of hydrogen-bond acceptors (Lipinski definition) is 5. The molecule has 1 amide bonds. The maximum atomic E-state index is 13.3. The summed E-state index contributed by atoms with van der Waals surface area (Å²) < 4.78 is 16.5. The van der Waals surface area contributed by atoms with Crippen LogP contribution < -0.4 is 9.64 Å². The smallest absolute Gasteiger partial charge is 0.264 e. The van der Waals surface area contributed by atoms with Crippen molar-refractivity contribution in [3.63, 3.8) is 0 Å². The summed E-state index contributed by atoms with van der Waals surface area (Å²) in [6.45, 7) is 5.91. The van der Waals surface area contributed by atoms with E-state index >= 15 is 0 Å². The third kappa shape index (κ3) is 2.93. The van der Waals surface area contributed by atoms with E-state index in [0.717, 1.165) is 33.7 Å². The Morgan fingerprint density at radius 2 is 1.79 bits per heavy atom. The highest BCUT2D eigenvalue weighted by Crippen LogP contribution is 2.50. The van der Waals surface area contributed by atoms with Gasteiger partial charge in [0.05, 0.1) is 13.7 Å². The van der Waals surface area contributed by atoms with E-state index in [0.29, 0.717) is 0 Å². The second-order valence-electron chi connectivity index (χ2n) is 7.24. The van der Waals surface area contributed by atoms with Crippen LogP contribution >= 0.6 is 0 Å². The fourth-order valence-electron chi connectivity index (χ4n) is 3.83. The summed E-state index contributed by atoms with van der Waals surface area (Å²) in [6, 6.07) is 8.79. The summed E-state index contributed by atoms with van der Waals surface area (Å²) in [5.74, 6) is 0.707. The zero-order chi connectivity index (χ0) is 20.6. The highest BCUT2D eigenvalue weighted by atomic mass is 16.5. The van der Waals surface area contributed by atoms with Crippen LogP contribution in [-0.4, -0.2) is 44.6 Å². The van der Waals surface area contributed by atoms with Gasteiger partial charge in [0.15, 0.2) is 5.60 Å². The second kappa shape index (κ2) is 7.45. The number of hydrogen-bond donors (Lipinski definition) is 1. The molecule has 0 spiro atoms. The van der Waals surface area contributed by atoms with Gasteiger partial charge in [-0.2, -0.15) is 0 Å². The number of nitrogens with zero attached hydrogens (tertiary/aromatic N) is 1. The molecule has 6 nitrogen and oxygen atoms in total. The van der Waals surface area contributed by atoms with Crippen LogP contribution in [0.25, 0.3) is 0 Å². The number of carbonyl (C=O) groups excluding carboxylic acids is 1. The standard InChI is InChI=1S/C22H27NO5/c1-13-7-8-16(10-18(13)24)20-22(28-6,12-26-4)21(25)23(20)17-9-14(2)15(3)19(11-17)27-5/h7-11,20,24H,12H2,1-6H3/t20-,22-/m0/s1. The Hall–Kier alpha value is -2.57. The van der Waals surface area contributed by atoms with Crippen molar-refractivity contribution in [2.75, 3.05) is 32.8 Å². The minimum Gasteiger partial charge on any atom is -0.508 e. The van der Waals surface area contributed by atoms with Crippen LogP contribution in [0.2, 0.25) is 0 Å². The van der Waals surface area contributed by atoms with Crippen molar-refractivity contribution in [2.45, 2.75) is 32.4 Å². The van der Waals surface area contributed by atoms with Crippen molar-refractivity contribution < 1.29 is 24.1 Å². The highest BCUT2D eigenvalue weighted by molar-refractivity contribution is 6.09. The summed E-state index contributed by atoms with van der Waals surface area (Å²) in [5.41, 5.74) is 3.16. The van der Waals surface area contributed by atoms with E-state index < -0.39 is 11.6 Å². The molecule has 2 atom stereocenters. The number of amides is 1. The lowest BCUT2D eigenvalue weighted by molar-refractivity contribution is -0.169. The van der Waals surface area contributed by atoms with Crippen LogP contribution in [-0.2, 0) is 14.3 Å². The first kappa shape index (κ1) is 20.2. The van der Waals surface area contributed by atoms with Crippen LogP contribution in [0.4, 0.5) is 5.69 Å². The quantitative estimate of drug-likeness (QED) is 0.772. The fraction of sp³-hybridized carbons (Fsp3) is 0.409. The number of benzene rings is 2. The maximum Gasteiger partial charge on any atom is 0.264 e. The molecule has 6 heteroatoms. The minimum atomic E-state index is -1.15. The van der Waals surface area contributed by atoms with E-state index in [9.17, 15) is 9.90 Å².